The third kappa shape index (κ3) is 3.38. The minimum atomic E-state index is 0.139. The molecule has 3 aromatic rings. The van der Waals surface area contributed by atoms with Crippen LogP contribution in [0.25, 0.3) is 5.69 Å². The van der Waals surface area contributed by atoms with Crippen LogP contribution < -0.4 is 10.1 Å². The van der Waals surface area contributed by atoms with Gasteiger partial charge in [-0.15, -0.1) is 0 Å². The maximum absolute atomic E-state index is 10.1. The molecule has 124 valence electrons. The molecule has 0 spiro atoms. The second-order valence-electron chi connectivity index (χ2n) is 5.50. The molecule has 0 amide bonds. The summed E-state index contributed by atoms with van der Waals surface area (Å²) in [6, 6.07) is 13.8. The van der Waals surface area contributed by atoms with E-state index in [1.54, 1.807) is 24.2 Å². The molecule has 0 aliphatic carbocycles. The quantitative estimate of drug-likeness (QED) is 0.729. The van der Waals surface area contributed by atoms with Crippen molar-refractivity contribution in [1.29, 1.82) is 0 Å². The van der Waals surface area contributed by atoms with Crippen LogP contribution in [-0.2, 0) is 6.54 Å². The van der Waals surface area contributed by atoms with E-state index in [0.29, 0.717) is 12.3 Å². The van der Waals surface area contributed by atoms with Gasteiger partial charge in [0.05, 0.1) is 12.8 Å². The molecule has 1 unspecified atom stereocenters. The maximum atomic E-state index is 10.1. The summed E-state index contributed by atoms with van der Waals surface area (Å²) in [6.45, 7) is 2.64. The summed E-state index contributed by atoms with van der Waals surface area (Å²) in [6.07, 6.45) is 3.18. The Hall–Kier alpha value is -2.86. The van der Waals surface area contributed by atoms with Gasteiger partial charge in [0.25, 0.3) is 0 Å². The number of nitrogens with zero attached hydrogens (tertiary/aromatic N) is 3. The number of nitrogens with one attached hydrogen (secondary N) is 1. The standard InChI is InChI=1S/C18H20N4O2/c1-13(20-10-15-4-3-5-17(24-2)18(15)23)14-6-8-16(9-7-14)22-12-19-11-21-22/h3-9,11-13,20,23H,10H2,1-2H3. The Morgan fingerprint density at radius 1 is 1.21 bits per heavy atom. The molecule has 6 heteroatoms. The Bertz CT molecular complexity index is 785. The van der Waals surface area contributed by atoms with Gasteiger partial charge >= 0.3 is 0 Å². The fourth-order valence-electron chi connectivity index (χ4n) is 2.51. The van der Waals surface area contributed by atoms with Crippen LogP contribution in [0.4, 0.5) is 0 Å². The molecule has 0 saturated carbocycles. The minimum Gasteiger partial charge on any atom is -0.504 e. The lowest BCUT2D eigenvalue weighted by molar-refractivity contribution is 0.369. The zero-order valence-corrected chi connectivity index (χ0v) is 13.7. The summed E-state index contributed by atoms with van der Waals surface area (Å²) < 4.78 is 6.85. The highest BCUT2D eigenvalue weighted by Crippen LogP contribution is 2.29. The van der Waals surface area contributed by atoms with Crippen molar-refractivity contribution in [2.75, 3.05) is 7.11 Å². The second kappa shape index (κ2) is 7.14. The van der Waals surface area contributed by atoms with Gasteiger partial charge in [0, 0.05) is 18.2 Å². The highest BCUT2D eigenvalue weighted by Gasteiger charge is 2.10. The van der Waals surface area contributed by atoms with Gasteiger partial charge in [-0.25, -0.2) is 9.67 Å². The van der Waals surface area contributed by atoms with Gasteiger partial charge in [-0.2, -0.15) is 5.10 Å². The number of hydrogen-bond acceptors (Lipinski definition) is 5. The molecule has 2 N–H and O–H groups in total. The smallest absolute Gasteiger partial charge is 0.162 e. The molecule has 1 aromatic heterocycles. The Labute approximate surface area is 140 Å². The first-order valence-electron chi connectivity index (χ1n) is 7.72. The fourth-order valence-corrected chi connectivity index (χ4v) is 2.51. The average molecular weight is 324 g/mol. The van der Waals surface area contributed by atoms with Gasteiger partial charge in [-0.05, 0) is 30.7 Å². The van der Waals surface area contributed by atoms with E-state index in [4.69, 9.17) is 4.74 Å². The molecule has 3 rings (SSSR count). The van der Waals surface area contributed by atoms with E-state index in [2.05, 4.69) is 34.5 Å². The number of phenols is 1. The van der Waals surface area contributed by atoms with Crippen LogP contribution in [0, 0.1) is 0 Å². The largest absolute Gasteiger partial charge is 0.504 e. The molecule has 2 aromatic carbocycles. The summed E-state index contributed by atoms with van der Waals surface area (Å²) in [7, 11) is 1.55. The second-order valence-corrected chi connectivity index (χ2v) is 5.50. The third-order valence-electron chi connectivity index (χ3n) is 3.98. The first-order valence-corrected chi connectivity index (χ1v) is 7.72. The minimum absolute atomic E-state index is 0.139. The van der Waals surface area contributed by atoms with Crippen molar-refractivity contribution >= 4 is 0 Å². The average Bonchev–Trinajstić information content (AvgIpc) is 3.15. The zero-order valence-electron chi connectivity index (χ0n) is 13.7. The Balaban J connectivity index is 1.66. The molecule has 6 nitrogen and oxygen atoms in total. The van der Waals surface area contributed by atoms with E-state index < -0.39 is 0 Å². The molecular weight excluding hydrogens is 304 g/mol. The molecular formula is C18H20N4O2. The number of aromatic nitrogens is 3. The number of hydrogen-bond donors (Lipinski definition) is 2. The summed E-state index contributed by atoms with van der Waals surface area (Å²) in [4.78, 5) is 3.95. The number of ether oxygens (including phenoxy) is 1. The highest BCUT2D eigenvalue weighted by atomic mass is 16.5. The molecule has 1 atom stereocenters. The van der Waals surface area contributed by atoms with E-state index in [1.165, 1.54) is 6.33 Å². The van der Waals surface area contributed by atoms with Crippen LogP contribution in [0.5, 0.6) is 11.5 Å². The maximum Gasteiger partial charge on any atom is 0.162 e. The van der Waals surface area contributed by atoms with Crippen LogP contribution in [0.3, 0.4) is 0 Å². The topological polar surface area (TPSA) is 72.2 Å². The molecule has 0 fully saturated rings. The molecule has 1 heterocycles. The van der Waals surface area contributed by atoms with Crippen LogP contribution in [-0.4, -0.2) is 27.0 Å². The van der Waals surface area contributed by atoms with E-state index in [0.717, 1.165) is 16.8 Å². The normalized spacial score (nSPS) is 12.1. The number of benzene rings is 2. The predicted molar refractivity (Wildman–Crippen MR) is 91.3 cm³/mol. The SMILES string of the molecule is COc1cccc(CNC(C)c2ccc(-n3cncn3)cc2)c1O. The van der Waals surface area contributed by atoms with Gasteiger partial charge in [-0.1, -0.05) is 24.3 Å². The summed E-state index contributed by atoms with van der Waals surface area (Å²) in [5, 5.41) is 17.7. The molecule has 0 radical (unpaired) electrons. The lowest BCUT2D eigenvalue weighted by Crippen LogP contribution is -2.18. The van der Waals surface area contributed by atoms with E-state index in [1.807, 2.05) is 24.3 Å². The highest BCUT2D eigenvalue weighted by molar-refractivity contribution is 5.45. The lowest BCUT2D eigenvalue weighted by Gasteiger charge is -2.16. The summed E-state index contributed by atoms with van der Waals surface area (Å²) in [5.41, 5.74) is 2.93. The summed E-state index contributed by atoms with van der Waals surface area (Å²) in [5.74, 6) is 0.667. The molecule has 0 aliphatic heterocycles. The van der Waals surface area contributed by atoms with E-state index in [9.17, 15) is 5.11 Å². The lowest BCUT2D eigenvalue weighted by atomic mass is 10.1. The van der Waals surface area contributed by atoms with Crippen molar-refractivity contribution in [3.8, 4) is 17.2 Å². The third-order valence-corrected chi connectivity index (χ3v) is 3.98. The monoisotopic (exact) mass is 324 g/mol. The van der Waals surface area contributed by atoms with E-state index >= 15 is 0 Å². The van der Waals surface area contributed by atoms with Crippen molar-refractivity contribution in [2.24, 2.45) is 0 Å². The van der Waals surface area contributed by atoms with Crippen molar-refractivity contribution in [3.63, 3.8) is 0 Å². The van der Waals surface area contributed by atoms with Crippen molar-refractivity contribution < 1.29 is 9.84 Å². The predicted octanol–water partition coefficient (Wildman–Crippen LogP) is 2.83. The Kier molecular flexibility index (Phi) is 4.77. The number of para-hydroxylation sites is 1. The first-order chi connectivity index (χ1) is 11.7. The number of methoxy groups -OCH3 is 1. The van der Waals surface area contributed by atoms with Gasteiger partial charge in [0.1, 0.15) is 12.7 Å². The first kappa shape index (κ1) is 16.0. The molecule has 0 bridgehead atoms. The molecule has 24 heavy (non-hydrogen) atoms. The van der Waals surface area contributed by atoms with Crippen molar-refractivity contribution in [3.05, 3.63) is 66.2 Å². The van der Waals surface area contributed by atoms with Crippen LogP contribution in [0.1, 0.15) is 24.1 Å². The van der Waals surface area contributed by atoms with Gasteiger partial charge < -0.3 is 15.2 Å². The van der Waals surface area contributed by atoms with Crippen LogP contribution >= 0.6 is 0 Å². The molecule has 0 aliphatic rings. The van der Waals surface area contributed by atoms with E-state index in [-0.39, 0.29) is 11.8 Å². The molecule has 0 saturated heterocycles. The van der Waals surface area contributed by atoms with Gasteiger partial charge in [-0.3, -0.25) is 0 Å². The van der Waals surface area contributed by atoms with Gasteiger partial charge in [0.15, 0.2) is 11.5 Å². The summed E-state index contributed by atoms with van der Waals surface area (Å²) >= 11 is 0. The fraction of sp³-hybridized carbons (Fsp3) is 0.222. The number of rotatable bonds is 6. The van der Waals surface area contributed by atoms with Crippen molar-refractivity contribution in [1.82, 2.24) is 20.1 Å². The Morgan fingerprint density at radius 3 is 2.67 bits per heavy atom. The van der Waals surface area contributed by atoms with Crippen LogP contribution in [0.15, 0.2) is 55.1 Å². The van der Waals surface area contributed by atoms with Gasteiger partial charge in [0.2, 0.25) is 0 Å². The van der Waals surface area contributed by atoms with Crippen molar-refractivity contribution in [2.45, 2.75) is 19.5 Å². The zero-order chi connectivity index (χ0) is 16.9. The van der Waals surface area contributed by atoms with Crippen LogP contribution in [0.2, 0.25) is 0 Å². The Morgan fingerprint density at radius 2 is 2.00 bits per heavy atom. The number of aromatic hydroxyl groups is 1. The number of phenolic OH excluding ortho intramolecular Hbond substituents is 1.